The maximum atomic E-state index is 12.4. The molecule has 2 aliphatic heterocycles. The van der Waals surface area contributed by atoms with Crippen LogP contribution in [-0.4, -0.2) is 49.1 Å². The second-order valence-electron chi connectivity index (χ2n) is 5.22. The lowest BCUT2D eigenvalue weighted by Gasteiger charge is -2.35. The first-order valence-corrected chi connectivity index (χ1v) is 7.56. The first-order chi connectivity index (χ1) is 9.65. The van der Waals surface area contributed by atoms with E-state index >= 15 is 0 Å². The van der Waals surface area contributed by atoms with Crippen molar-refractivity contribution in [2.24, 2.45) is 11.3 Å². The van der Waals surface area contributed by atoms with Crippen molar-refractivity contribution in [3.8, 4) is 0 Å². The molecule has 2 atom stereocenters. The van der Waals surface area contributed by atoms with Crippen molar-refractivity contribution in [1.29, 1.82) is 0 Å². The third kappa shape index (κ3) is 2.12. The van der Waals surface area contributed by atoms with Gasteiger partial charge in [0.15, 0.2) is 0 Å². The lowest BCUT2D eigenvalue weighted by Crippen LogP contribution is -2.47. The second kappa shape index (κ2) is 5.17. The summed E-state index contributed by atoms with van der Waals surface area (Å²) in [5.74, 6) is 0.0742. The normalized spacial score (nSPS) is 29.2. The average Bonchev–Trinajstić information content (AvgIpc) is 3.02. The summed E-state index contributed by atoms with van der Waals surface area (Å²) in [5, 5.41) is 9.11. The molecule has 110 valence electrons. The summed E-state index contributed by atoms with van der Waals surface area (Å²) in [6, 6.07) is 0. The molecule has 0 saturated carbocycles. The minimum Gasteiger partial charge on any atom is -0.465 e. The molecule has 0 unspecified atom stereocenters. The number of carbonyl (C=O) groups is 1. The summed E-state index contributed by atoms with van der Waals surface area (Å²) in [7, 11) is 0. The van der Waals surface area contributed by atoms with Crippen molar-refractivity contribution in [3.05, 3.63) is 0 Å². The van der Waals surface area contributed by atoms with E-state index in [1.54, 1.807) is 0 Å². The van der Waals surface area contributed by atoms with Gasteiger partial charge in [0.1, 0.15) is 5.41 Å². The van der Waals surface area contributed by atoms with Gasteiger partial charge < -0.3 is 20.1 Å². The SMILES string of the molecule is CCOC(=O)[C@]12COCC[C@H]1CN(c1nnc(N)s1)C2. The first-order valence-electron chi connectivity index (χ1n) is 6.74. The Morgan fingerprint density at radius 1 is 1.65 bits per heavy atom. The maximum Gasteiger partial charge on any atom is 0.316 e. The zero-order chi connectivity index (χ0) is 14.2. The van der Waals surface area contributed by atoms with E-state index in [9.17, 15) is 4.79 Å². The molecular formula is C12H18N4O3S. The second-order valence-corrected chi connectivity index (χ2v) is 6.21. The number of esters is 1. The van der Waals surface area contributed by atoms with Gasteiger partial charge in [0.05, 0.1) is 13.2 Å². The van der Waals surface area contributed by atoms with Gasteiger partial charge in [-0.15, -0.1) is 10.2 Å². The van der Waals surface area contributed by atoms with Gasteiger partial charge in [-0.25, -0.2) is 0 Å². The molecule has 20 heavy (non-hydrogen) atoms. The van der Waals surface area contributed by atoms with Crippen LogP contribution in [0.4, 0.5) is 10.3 Å². The Morgan fingerprint density at radius 2 is 2.50 bits per heavy atom. The van der Waals surface area contributed by atoms with E-state index in [0.29, 0.717) is 31.5 Å². The van der Waals surface area contributed by atoms with Gasteiger partial charge in [0.2, 0.25) is 10.3 Å². The van der Waals surface area contributed by atoms with Crippen LogP contribution in [0.25, 0.3) is 0 Å². The highest BCUT2D eigenvalue weighted by Crippen LogP contribution is 2.44. The van der Waals surface area contributed by atoms with E-state index in [1.807, 2.05) is 6.92 Å². The number of carbonyl (C=O) groups excluding carboxylic acids is 1. The Hall–Kier alpha value is -1.41. The van der Waals surface area contributed by atoms with Crippen molar-refractivity contribution < 1.29 is 14.3 Å². The number of ether oxygens (including phenoxy) is 2. The molecule has 0 radical (unpaired) electrons. The molecule has 1 aromatic rings. The van der Waals surface area contributed by atoms with E-state index in [0.717, 1.165) is 18.1 Å². The van der Waals surface area contributed by atoms with E-state index in [-0.39, 0.29) is 11.9 Å². The average molecular weight is 298 g/mol. The lowest BCUT2D eigenvalue weighted by atomic mass is 9.75. The van der Waals surface area contributed by atoms with Gasteiger partial charge in [0, 0.05) is 19.7 Å². The zero-order valence-corrected chi connectivity index (χ0v) is 12.2. The van der Waals surface area contributed by atoms with E-state index in [1.165, 1.54) is 11.3 Å². The molecule has 2 fully saturated rings. The molecule has 0 aliphatic carbocycles. The Morgan fingerprint density at radius 3 is 3.20 bits per heavy atom. The number of hydrogen-bond donors (Lipinski definition) is 1. The van der Waals surface area contributed by atoms with Crippen LogP contribution in [0.2, 0.25) is 0 Å². The molecule has 1 aromatic heterocycles. The smallest absolute Gasteiger partial charge is 0.316 e. The third-order valence-electron chi connectivity index (χ3n) is 4.05. The fraction of sp³-hybridized carbons (Fsp3) is 0.750. The third-order valence-corrected chi connectivity index (χ3v) is 4.86. The minimum absolute atomic E-state index is 0.162. The Balaban J connectivity index is 1.85. The van der Waals surface area contributed by atoms with Crippen molar-refractivity contribution in [2.45, 2.75) is 13.3 Å². The number of aromatic nitrogens is 2. The van der Waals surface area contributed by atoms with Crippen LogP contribution in [0.3, 0.4) is 0 Å². The van der Waals surface area contributed by atoms with Gasteiger partial charge in [-0.1, -0.05) is 11.3 Å². The number of nitrogens with zero attached hydrogens (tertiary/aromatic N) is 3. The Labute approximate surface area is 121 Å². The van der Waals surface area contributed by atoms with Gasteiger partial charge in [-0.3, -0.25) is 4.79 Å². The van der Waals surface area contributed by atoms with Crippen molar-refractivity contribution in [2.75, 3.05) is 43.5 Å². The van der Waals surface area contributed by atoms with Crippen molar-refractivity contribution in [1.82, 2.24) is 10.2 Å². The molecule has 0 spiro atoms. The molecule has 2 saturated heterocycles. The van der Waals surface area contributed by atoms with Crippen LogP contribution >= 0.6 is 11.3 Å². The fourth-order valence-corrected chi connectivity index (χ4v) is 3.67. The predicted octanol–water partition coefficient (Wildman–Crippen LogP) is 0.526. The van der Waals surface area contributed by atoms with Gasteiger partial charge in [0.25, 0.3) is 0 Å². The van der Waals surface area contributed by atoms with Gasteiger partial charge >= 0.3 is 5.97 Å². The molecule has 7 nitrogen and oxygen atoms in total. The highest BCUT2D eigenvalue weighted by molar-refractivity contribution is 7.18. The van der Waals surface area contributed by atoms with E-state index < -0.39 is 5.41 Å². The molecule has 0 bridgehead atoms. The zero-order valence-electron chi connectivity index (χ0n) is 11.4. The number of nitrogen functional groups attached to an aromatic ring is 1. The molecule has 3 rings (SSSR count). The number of rotatable bonds is 3. The quantitative estimate of drug-likeness (QED) is 0.814. The van der Waals surface area contributed by atoms with Gasteiger partial charge in [-0.05, 0) is 19.3 Å². The van der Waals surface area contributed by atoms with Crippen LogP contribution in [0.5, 0.6) is 0 Å². The minimum atomic E-state index is -0.575. The lowest BCUT2D eigenvalue weighted by molar-refractivity contribution is -0.165. The summed E-state index contributed by atoms with van der Waals surface area (Å²) in [5.41, 5.74) is 5.06. The Kier molecular flexibility index (Phi) is 3.51. The molecule has 2 N–H and O–H groups in total. The summed E-state index contributed by atoms with van der Waals surface area (Å²) < 4.78 is 10.8. The van der Waals surface area contributed by atoms with Crippen LogP contribution < -0.4 is 10.6 Å². The molecule has 2 aliphatic rings. The first kappa shape index (κ1) is 13.6. The summed E-state index contributed by atoms with van der Waals surface area (Å²) in [6.45, 7) is 4.66. The Bertz CT molecular complexity index is 509. The molecular weight excluding hydrogens is 280 g/mol. The predicted molar refractivity (Wildman–Crippen MR) is 74.5 cm³/mol. The maximum absolute atomic E-state index is 12.4. The van der Waals surface area contributed by atoms with Crippen LogP contribution in [0, 0.1) is 11.3 Å². The number of anilines is 2. The van der Waals surface area contributed by atoms with Gasteiger partial charge in [-0.2, -0.15) is 0 Å². The van der Waals surface area contributed by atoms with Crippen LogP contribution in [0.15, 0.2) is 0 Å². The van der Waals surface area contributed by atoms with Crippen molar-refractivity contribution >= 4 is 27.6 Å². The van der Waals surface area contributed by atoms with E-state index in [2.05, 4.69) is 15.1 Å². The summed E-state index contributed by atoms with van der Waals surface area (Å²) >= 11 is 1.34. The largest absolute Gasteiger partial charge is 0.465 e. The van der Waals surface area contributed by atoms with E-state index in [4.69, 9.17) is 15.2 Å². The number of nitrogens with two attached hydrogens (primary N) is 1. The summed E-state index contributed by atoms with van der Waals surface area (Å²) in [4.78, 5) is 14.5. The molecule has 0 aromatic carbocycles. The standard InChI is InChI=1S/C12H18N4O3S/c1-2-19-9(17)12-6-16(11-15-14-10(13)20-11)5-8(12)3-4-18-7-12/h8H,2-7H2,1H3,(H2,13,14)/t8-,12+/m0/s1. The molecule has 3 heterocycles. The summed E-state index contributed by atoms with van der Waals surface area (Å²) in [6.07, 6.45) is 0.865. The topological polar surface area (TPSA) is 90.6 Å². The van der Waals surface area contributed by atoms with Crippen LogP contribution in [-0.2, 0) is 14.3 Å². The fourth-order valence-electron chi connectivity index (χ4n) is 3.05. The number of hydrogen-bond acceptors (Lipinski definition) is 8. The number of fused-ring (bicyclic) bond motifs is 1. The molecule has 0 amide bonds. The van der Waals surface area contributed by atoms with Crippen molar-refractivity contribution in [3.63, 3.8) is 0 Å². The van der Waals surface area contributed by atoms with Crippen LogP contribution in [0.1, 0.15) is 13.3 Å². The monoisotopic (exact) mass is 298 g/mol. The highest BCUT2D eigenvalue weighted by atomic mass is 32.1. The molecule has 8 heteroatoms. The highest BCUT2D eigenvalue weighted by Gasteiger charge is 2.55.